The fraction of sp³-hybridized carbons (Fsp3) is 0.375. The zero-order valence-electron chi connectivity index (χ0n) is 13.2. The van der Waals surface area contributed by atoms with Crippen LogP contribution in [0.25, 0.3) is 11.3 Å². The van der Waals surface area contributed by atoms with Crippen LogP contribution in [0.4, 0.5) is 0 Å². The van der Waals surface area contributed by atoms with Gasteiger partial charge in [0.25, 0.3) is 0 Å². The van der Waals surface area contributed by atoms with E-state index in [1.54, 1.807) is 6.92 Å². The van der Waals surface area contributed by atoms with E-state index < -0.39 is 15.4 Å². The molecule has 1 aliphatic rings. The lowest BCUT2D eigenvalue weighted by Crippen LogP contribution is -2.47. The highest BCUT2D eigenvalue weighted by Gasteiger charge is 2.39. The molecule has 1 atom stereocenters. The van der Waals surface area contributed by atoms with Gasteiger partial charge in [0.2, 0.25) is 5.91 Å². The summed E-state index contributed by atoms with van der Waals surface area (Å²) >= 11 is 2.88. The summed E-state index contributed by atoms with van der Waals surface area (Å²) in [7, 11) is -3.03. The number of thiazole rings is 1. The zero-order chi connectivity index (χ0) is 17.2. The van der Waals surface area contributed by atoms with Crippen molar-refractivity contribution in [3.63, 3.8) is 0 Å². The minimum absolute atomic E-state index is 0.0197. The highest BCUT2D eigenvalue weighted by atomic mass is 32.2. The molecule has 0 bridgehead atoms. The van der Waals surface area contributed by atoms with E-state index in [-0.39, 0.29) is 23.2 Å². The molecule has 128 valence electrons. The number of benzene rings is 1. The maximum Gasteiger partial charge on any atom is 0.230 e. The number of aromatic nitrogens is 1. The van der Waals surface area contributed by atoms with Crippen molar-refractivity contribution in [3.8, 4) is 11.3 Å². The minimum Gasteiger partial charge on any atom is -0.349 e. The van der Waals surface area contributed by atoms with E-state index in [1.165, 1.54) is 23.1 Å². The maximum absolute atomic E-state index is 12.1. The third kappa shape index (κ3) is 4.37. The second-order valence-electron chi connectivity index (χ2n) is 6.10. The van der Waals surface area contributed by atoms with Crippen LogP contribution in [-0.4, -0.2) is 42.1 Å². The Labute approximate surface area is 149 Å². The molecule has 1 aromatic carbocycles. The number of nitrogens with zero attached hydrogens (tertiary/aromatic N) is 1. The molecule has 2 aromatic rings. The van der Waals surface area contributed by atoms with E-state index in [1.807, 2.05) is 35.7 Å². The molecule has 2 heterocycles. The fourth-order valence-electron chi connectivity index (χ4n) is 2.67. The Morgan fingerprint density at radius 1 is 1.38 bits per heavy atom. The Kier molecular flexibility index (Phi) is 4.98. The molecular weight excluding hydrogens is 364 g/mol. The van der Waals surface area contributed by atoms with Crippen molar-refractivity contribution >= 4 is 38.8 Å². The monoisotopic (exact) mass is 382 g/mol. The van der Waals surface area contributed by atoms with Gasteiger partial charge < -0.3 is 5.32 Å². The van der Waals surface area contributed by atoms with Crippen molar-refractivity contribution in [2.75, 3.05) is 17.3 Å². The number of amides is 1. The Hall–Kier alpha value is -1.38. The van der Waals surface area contributed by atoms with Gasteiger partial charge in [0.05, 0.1) is 28.5 Å². The van der Waals surface area contributed by atoms with Gasteiger partial charge in [-0.05, 0) is 13.3 Å². The summed E-state index contributed by atoms with van der Waals surface area (Å²) < 4.78 is 24.0. The van der Waals surface area contributed by atoms with Crippen molar-refractivity contribution in [1.82, 2.24) is 10.3 Å². The first-order chi connectivity index (χ1) is 11.4. The maximum atomic E-state index is 12.1. The summed E-state index contributed by atoms with van der Waals surface area (Å²) in [6, 6.07) is 9.88. The number of sulfone groups is 1. The summed E-state index contributed by atoms with van der Waals surface area (Å²) in [5, 5.41) is 4.83. The minimum atomic E-state index is -3.03. The molecule has 1 saturated heterocycles. The molecule has 0 aliphatic carbocycles. The summed E-state index contributed by atoms with van der Waals surface area (Å²) in [6.07, 6.45) is 0.473. The molecular formula is C16H18N2O3S3. The average Bonchev–Trinajstić information content (AvgIpc) is 3.10. The number of nitrogens with one attached hydrogen (secondary N) is 1. The summed E-state index contributed by atoms with van der Waals surface area (Å²) in [6.45, 7) is 1.79. The largest absolute Gasteiger partial charge is 0.349 e. The molecule has 1 amide bonds. The van der Waals surface area contributed by atoms with Gasteiger partial charge in [0.15, 0.2) is 14.2 Å². The van der Waals surface area contributed by atoms with Gasteiger partial charge in [-0.15, -0.1) is 11.3 Å². The topological polar surface area (TPSA) is 76.1 Å². The van der Waals surface area contributed by atoms with Gasteiger partial charge in [0, 0.05) is 10.9 Å². The van der Waals surface area contributed by atoms with E-state index in [0.29, 0.717) is 6.42 Å². The Morgan fingerprint density at radius 2 is 2.12 bits per heavy atom. The number of thioether (sulfide) groups is 1. The first-order valence-electron chi connectivity index (χ1n) is 7.50. The lowest BCUT2D eigenvalue weighted by molar-refractivity contribution is -0.120. The van der Waals surface area contributed by atoms with Crippen LogP contribution >= 0.6 is 23.1 Å². The third-order valence-electron chi connectivity index (χ3n) is 3.82. The van der Waals surface area contributed by atoms with Crippen molar-refractivity contribution < 1.29 is 13.2 Å². The van der Waals surface area contributed by atoms with Crippen LogP contribution in [0.1, 0.15) is 13.3 Å². The Bertz CT molecular complexity index is 833. The Balaban J connectivity index is 1.55. The van der Waals surface area contributed by atoms with Gasteiger partial charge in [-0.25, -0.2) is 13.4 Å². The second-order valence-corrected chi connectivity index (χ2v) is 10.4. The van der Waals surface area contributed by atoms with Crippen molar-refractivity contribution in [2.24, 2.45) is 0 Å². The van der Waals surface area contributed by atoms with Crippen molar-refractivity contribution in [1.29, 1.82) is 0 Å². The predicted octanol–water partition coefficient (Wildman–Crippen LogP) is 2.60. The molecule has 5 nitrogen and oxygen atoms in total. The van der Waals surface area contributed by atoms with E-state index in [2.05, 4.69) is 10.3 Å². The van der Waals surface area contributed by atoms with Gasteiger partial charge >= 0.3 is 0 Å². The van der Waals surface area contributed by atoms with Gasteiger partial charge in [0.1, 0.15) is 0 Å². The third-order valence-corrected chi connectivity index (χ3v) is 7.75. The summed E-state index contributed by atoms with van der Waals surface area (Å²) in [5.74, 6) is 0.239. The number of carbonyl (C=O) groups is 1. The van der Waals surface area contributed by atoms with Crippen LogP contribution in [-0.2, 0) is 14.6 Å². The van der Waals surface area contributed by atoms with Crippen LogP contribution in [0.5, 0.6) is 0 Å². The van der Waals surface area contributed by atoms with Crippen LogP contribution in [0, 0.1) is 0 Å². The van der Waals surface area contributed by atoms with Gasteiger partial charge in [-0.3, -0.25) is 4.79 Å². The molecule has 0 spiro atoms. The molecule has 0 radical (unpaired) electrons. The number of hydrogen-bond acceptors (Lipinski definition) is 6. The molecule has 8 heteroatoms. The second kappa shape index (κ2) is 6.85. The molecule has 1 aromatic heterocycles. The van der Waals surface area contributed by atoms with E-state index in [9.17, 15) is 13.2 Å². The zero-order valence-corrected chi connectivity index (χ0v) is 15.6. The molecule has 24 heavy (non-hydrogen) atoms. The lowest BCUT2D eigenvalue weighted by atomic mass is 10.0. The van der Waals surface area contributed by atoms with Crippen molar-refractivity contribution in [2.45, 2.75) is 23.2 Å². The highest BCUT2D eigenvalue weighted by Crippen LogP contribution is 2.28. The highest BCUT2D eigenvalue weighted by molar-refractivity contribution is 8.01. The van der Waals surface area contributed by atoms with Crippen LogP contribution < -0.4 is 5.32 Å². The predicted molar refractivity (Wildman–Crippen MR) is 98.1 cm³/mol. The molecule has 3 rings (SSSR count). The van der Waals surface area contributed by atoms with E-state index in [4.69, 9.17) is 0 Å². The SMILES string of the molecule is CC1(NC(=O)CSc2nc(-c3ccccc3)cs2)CCS(=O)(=O)C1. The van der Waals surface area contributed by atoms with Gasteiger partial charge in [-0.1, -0.05) is 42.1 Å². The fourth-order valence-corrected chi connectivity index (χ4v) is 6.40. The average molecular weight is 383 g/mol. The normalized spacial score (nSPS) is 22.4. The first kappa shape index (κ1) is 17.4. The molecule has 1 aliphatic heterocycles. The summed E-state index contributed by atoms with van der Waals surface area (Å²) in [5.41, 5.74) is 1.31. The van der Waals surface area contributed by atoms with E-state index in [0.717, 1.165) is 15.6 Å². The van der Waals surface area contributed by atoms with E-state index >= 15 is 0 Å². The molecule has 1 unspecified atom stereocenters. The number of hydrogen-bond donors (Lipinski definition) is 1. The van der Waals surface area contributed by atoms with Gasteiger partial charge in [-0.2, -0.15) is 0 Å². The Morgan fingerprint density at radius 3 is 2.79 bits per heavy atom. The van der Waals surface area contributed by atoms with Crippen molar-refractivity contribution in [3.05, 3.63) is 35.7 Å². The van der Waals surface area contributed by atoms with Crippen LogP contribution in [0.15, 0.2) is 40.1 Å². The number of rotatable bonds is 5. The molecule has 1 fully saturated rings. The smallest absolute Gasteiger partial charge is 0.230 e. The summed E-state index contributed by atoms with van der Waals surface area (Å²) in [4.78, 5) is 16.6. The molecule has 0 saturated carbocycles. The standard InChI is InChI=1S/C16H18N2O3S3/c1-16(7-8-24(20,21)11-16)18-14(19)10-23-15-17-13(9-22-15)12-5-3-2-4-6-12/h2-6,9H,7-8,10-11H2,1H3,(H,18,19). The van der Waals surface area contributed by atoms with Crippen LogP contribution in [0.3, 0.4) is 0 Å². The van der Waals surface area contributed by atoms with Crippen LogP contribution in [0.2, 0.25) is 0 Å². The lowest BCUT2D eigenvalue weighted by Gasteiger charge is -2.23. The quantitative estimate of drug-likeness (QED) is 0.805. The first-order valence-corrected chi connectivity index (χ1v) is 11.2. The number of carbonyl (C=O) groups excluding carboxylic acids is 1. The molecule has 1 N–H and O–H groups in total.